The minimum Gasteiger partial charge on any atom is -0.481 e. The largest absolute Gasteiger partial charge is 0.481 e. The fourth-order valence-corrected chi connectivity index (χ4v) is 3.01. The molecule has 0 amide bonds. The van der Waals surface area contributed by atoms with Gasteiger partial charge in [-0.15, -0.1) is 0 Å². The molecule has 2 aromatic rings. The molecule has 22 heavy (non-hydrogen) atoms. The van der Waals surface area contributed by atoms with Crippen molar-refractivity contribution in [2.75, 3.05) is 6.54 Å². The lowest BCUT2D eigenvalue weighted by Crippen LogP contribution is -2.43. The first kappa shape index (κ1) is 14.8. The van der Waals surface area contributed by atoms with Crippen molar-refractivity contribution in [1.29, 1.82) is 0 Å². The van der Waals surface area contributed by atoms with Gasteiger partial charge in [0.2, 0.25) is 0 Å². The van der Waals surface area contributed by atoms with Crippen LogP contribution < -0.4 is 0 Å². The van der Waals surface area contributed by atoms with Crippen LogP contribution in [-0.4, -0.2) is 38.3 Å². The van der Waals surface area contributed by atoms with Crippen molar-refractivity contribution in [3.63, 3.8) is 0 Å². The van der Waals surface area contributed by atoms with E-state index in [1.165, 1.54) is 5.56 Å². The Hall–Kier alpha value is -2.14. The zero-order chi connectivity index (χ0) is 15.5. The SMILES string of the molecule is CC1CCC(C(=O)O)CN1Cc1ccc(-n2cccn2)cc1. The number of aliphatic carboxylic acids is 1. The van der Waals surface area contributed by atoms with E-state index in [0.29, 0.717) is 12.6 Å². The number of hydrogen-bond acceptors (Lipinski definition) is 3. The number of carboxylic acids is 1. The molecule has 1 aromatic heterocycles. The van der Waals surface area contributed by atoms with Crippen molar-refractivity contribution in [3.8, 4) is 5.69 Å². The number of nitrogens with zero attached hydrogens (tertiary/aromatic N) is 3. The number of likely N-dealkylation sites (tertiary alicyclic amines) is 1. The van der Waals surface area contributed by atoms with Gasteiger partial charge in [-0.25, -0.2) is 4.68 Å². The Bertz CT molecular complexity index is 622. The molecule has 1 aliphatic rings. The van der Waals surface area contributed by atoms with Gasteiger partial charge in [-0.1, -0.05) is 12.1 Å². The molecule has 0 spiro atoms. The lowest BCUT2D eigenvalue weighted by atomic mass is 9.93. The maximum atomic E-state index is 11.2. The maximum absolute atomic E-state index is 11.2. The highest BCUT2D eigenvalue weighted by atomic mass is 16.4. The molecule has 1 fully saturated rings. The second kappa shape index (κ2) is 6.32. The van der Waals surface area contributed by atoms with E-state index >= 15 is 0 Å². The number of rotatable bonds is 4. The first-order valence-electron chi connectivity index (χ1n) is 7.69. The third-order valence-corrected chi connectivity index (χ3v) is 4.45. The van der Waals surface area contributed by atoms with Crippen LogP contribution in [0, 0.1) is 5.92 Å². The highest BCUT2D eigenvalue weighted by Crippen LogP contribution is 2.24. The molecule has 0 bridgehead atoms. The highest BCUT2D eigenvalue weighted by molar-refractivity contribution is 5.70. The summed E-state index contributed by atoms with van der Waals surface area (Å²) in [5.41, 5.74) is 2.23. The van der Waals surface area contributed by atoms with Crippen LogP contribution >= 0.6 is 0 Å². The summed E-state index contributed by atoms with van der Waals surface area (Å²) in [6.45, 7) is 3.61. The summed E-state index contributed by atoms with van der Waals surface area (Å²) in [6, 6.07) is 10.6. The number of aromatic nitrogens is 2. The third kappa shape index (κ3) is 3.20. The van der Waals surface area contributed by atoms with Crippen molar-refractivity contribution in [1.82, 2.24) is 14.7 Å². The van der Waals surface area contributed by atoms with Gasteiger partial charge in [0.25, 0.3) is 0 Å². The number of piperidine rings is 1. The van der Waals surface area contributed by atoms with Crippen LogP contribution in [0.25, 0.3) is 5.69 Å². The van der Waals surface area contributed by atoms with Crippen molar-refractivity contribution in [2.24, 2.45) is 5.92 Å². The van der Waals surface area contributed by atoms with Crippen molar-refractivity contribution >= 4 is 5.97 Å². The molecule has 0 saturated carbocycles. The van der Waals surface area contributed by atoms with Crippen LogP contribution in [-0.2, 0) is 11.3 Å². The van der Waals surface area contributed by atoms with E-state index in [0.717, 1.165) is 25.1 Å². The van der Waals surface area contributed by atoms with E-state index in [2.05, 4.69) is 29.1 Å². The maximum Gasteiger partial charge on any atom is 0.307 e. The lowest BCUT2D eigenvalue weighted by molar-refractivity contribution is -0.144. The molecule has 1 N–H and O–H groups in total. The van der Waals surface area contributed by atoms with Gasteiger partial charge in [-0.3, -0.25) is 9.69 Å². The van der Waals surface area contributed by atoms with Gasteiger partial charge in [0, 0.05) is 31.5 Å². The average Bonchev–Trinajstić information content (AvgIpc) is 3.04. The monoisotopic (exact) mass is 299 g/mol. The predicted octanol–water partition coefficient (Wildman–Crippen LogP) is 2.56. The molecular weight excluding hydrogens is 278 g/mol. The summed E-state index contributed by atoms with van der Waals surface area (Å²) in [5.74, 6) is -0.912. The summed E-state index contributed by atoms with van der Waals surface area (Å²) in [7, 11) is 0. The number of carbonyl (C=O) groups is 1. The number of benzene rings is 1. The summed E-state index contributed by atoms with van der Waals surface area (Å²) < 4.78 is 1.83. The molecule has 1 aromatic carbocycles. The fraction of sp³-hybridized carbons (Fsp3) is 0.412. The summed E-state index contributed by atoms with van der Waals surface area (Å²) in [6.07, 6.45) is 5.40. The van der Waals surface area contributed by atoms with Gasteiger partial charge >= 0.3 is 5.97 Å². The van der Waals surface area contributed by atoms with E-state index < -0.39 is 5.97 Å². The minimum absolute atomic E-state index is 0.237. The van der Waals surface area contributed by atoms with E-state index in [1.54, 1.807) is 6.20 Å². The Labute approximate surface area is 130 Å². The second-order valence-electron chi connectivity index (χ2n) is 6.01. The minimum atomic E-state index is -0.675. The van der Waals surface area contributed by atoms with Crippen LogP contribution in [0.5, 0.6) is 0 Å². The van der Waals surface area contributed by atoms with Crippen LogP contribution in [0.3, 0.4) is 0 Å². The highest BCUT2D eigenvalue weighted by Gasteiger charge is 2.29. The Morgan fingerprint density at radius 3 is 2.73 bits per heavy atom. The van der Waals surface area contributed by atoms with E-state index in [1.807, 2.05) is 29.1 Å². The van der Waals surface area contributed by atoms with Crippen molar-refractivity contribution in [2.45, 2.75) is 32.4 Å². The molecule has 116 valence electrons. The molecule has 0 aliphatic carbocycles. The van der Waals surface area contributed by atoms with Gasteiger partial charge in [0.15, 0.2) is 0 Å². The molecule has 2 atom stereocenters. The van der Waals surface area contributed by atoms with Gasteiger partial charge in [0.1, 0.15) is 0 Å². The zero-order valence-electron chi connectivity index (χ0n) is 12.7. The molecule has 1 aliphatic heterocycles. The summed E-state index contributed by atoms with van der Waals surface area (Å²) >= 11 is 0. The molecule has 1 saturated heterocycles. The van der Waals surface area contributed by atoms with Crippen LogP contribution in [0.15, 0.2) is 42.7 Å². The quantitative estimate of drug-likeness (QED) is 0.942. The van der Waals surface area contributed by atoms with Crippen LogP contribution in [0.4, 0.5) is 0 Å². The van der Waals surface area contributed by atoms with Gasteiger partial charge in [-0.2, -0.15) is 5.10 Å². The van der Waals surface area contributed by atoms with Crippen LogP contribution in [0.2, 0.25) is 0 Å². The Morgan fingerprint density at radius 1 is 1.32 bits per heavy atom. The standard InChI is InChI=1S/C17H21N3O2/c1-13-3-6-15(17(21)22)12-19(13)11-14-4-7-16(8-5-14)20-10-2-9-18-20/h2,4-5,7-10,13,15H,3,6,11-12H2,1H3,(H,21,22). The third-order valence-electron chi connectivity index (χ3n) is 4.45. The molecule has 3 rings (SSSR count). The first-order valence-corrected chi connectivity index (χ1v) is 7.69. The van der Waals surface area contributed by atoms with Crippen LogP contribution in [0.1, 0.15) is 25.3 Å². The molecule has 2 heterocycles. The van der Waals surface area contributed by atoms with E-state index in [9.17, 15) is 9.90 Å². The normalized spacial score (nSPS) is 22.6. The number of carboxylic acid groups (broad SMARTS) is 1. The second-order valence-corrected chi connectivity index (χ2v) is 6.01. The number of hydrogen-bond donors (Lipinski definition) is 1. The van der Waals surface area contributed by atoms with E-state index in [-0.39, 0.29) is 5.92 Å². The van der Waals surface area contributed by atoms with E-state index in [4.69, 9.17) is 0 Å². The Morgan fingerprint density at radius 2 is 2.09 bits per heavy atom. The predicted molar refractivity (Wildman–Crippen MR) is 83.8 cm³/mol. The molecule has 0 radical (unpaired) electrons. The lowest BCUT2D eigenvalue weighted by Gasteiger charge is -2.36. The summed E-state index contributed by atoms with van der Waals surface area (Å²) in [5, 5.41) is 13.4. The van der Waals surface area contributed by atoms with Crippen molar-refractivity contribution < 1.29 is 9.90 Å². The van der Waals surface area contributed by atoms with Gasteiger partial charge in [0.05, 0.1) is 11.6 Å². The van der Waals surface area contributed by atoms with Gasteiger partial charge in [-0.05, 0) is 43.5 Å². The van der Waals surface area contributed by atoms with Crippen molar-refractivity contribution in [3.05, 3.63) is 48.3 Å². The topological polar surface area (TPSA) is 58.4 Å². The Kier molecular flexibility index (Phi) is 4.24. The molecule has 5 heteroatoms. The molecule has 2 unspecified atom stereocenters. The fourth-order valence-electron chi connectivity index (χ4n) is 3.01. The first-order chi connectivity index (χ1) is 10.6. The molecule has 5 nitrogen and oxygen atoms in total. The smallest absolute Gasteiger partial charge is 0.307 e. The zero-order valence-corrected chi connectivity index (χ0v) is 12.7. The average molecular weight is 299 g/mol. The molecular formula is C17H21N3O2. The van der Waals surface area contributed by atoms with Gasteiger partial charge < -0.3 is 5.11 Å². The summed E-state index contributed by atoms with van der Waals surface area (Å²) in [4.78, 5) is 13.5. The Balaban J connectivity index is 1.68.